The number of nitrogens with zero attached hydrogens (tertiary/aromatic N) is 2. The first kappa shape index (κ1) is 12.8. The van der Waals surface area contributed by atoms with Crippen LogP contribution in [-0.4, -0.2) is 10.4 Å². The highest BCUT2D eigenvalue weighted by molar-refractivity contribution is 4.97. The van der Waals surface area contributed by atoms with Crippen molar-refractivity contribution in [3.8, 4) is 0 Å². The van der Waals surface area contributed by atoms with E-state index >= 15 is 0 Å². The Hall–Kier alpha value is -0.860. The van der Waals surface area contributed by atoms with E-state index in [0.717, 1.165) is 11.5 Å². The van der Waals surface area contributed by atoms with E-state index in [9.17, 15) is 0 Å². The molecule has 66 valence electrons. The van der Waals surface area contributed by atoms with Gasteiger partial charge in [-0.25, -0.2) is 0 Å². The topological polar surface area (TPSA) is 38.9 Å². The van der Waals surface area contributed by atoms with E-state index in [2.05, 4.69) is 14.9 Å². The van der Waals surface area contributed by atoms with Gasteiger partial charge in [-0.15, -0.1) is 5.10 Å². The number of aromatic nitrogens is 2. The highest BCUT2D eigenvalue weighted by Crippen LogP contribution is 1.96. The van der Waals surface area contributed by atoms with E-state index < -0.39 is 0 Å². The lowest BCUT2D eigenvalue weighted by Gasteiger charge is -1.72. The van der Waals surface area contributed by atoms with Gasteiger partial charge in [0.25, 0.3) is 0 Å². The Morgan fingerprint density at radius 2 is 1.45 bits per heavy atom. The Labute approximate surface area is 68.8 Å². The largest absolute Gasteiger partial charge is 0.342 e. The van der Waals surface area contributed by atoms with Gasteiger partial charge in [0, 0.05) is 5.27 Å². The summed E-state index contributed by atoms with van der Waals surface area (Å²) in [5.41, 5.74) is 0.861. The summed E-state index contributed by atoms with van der Waals surface area (Å²) in [6, 6.07) is 0. The zero-order valence-electron chi connectivity index (χ0n) is 8.30. The second-order valence-corrected chi connectivity index (χ2v) is 1.41. The lowest BCUT2D eigenvalue weighted by atomic mass is 10.4. The molecule has 0 aliphatic heterocycles. The molecule has 0 bridgehead atoms. The van der Waals surface area contributed by atoms with Crippen molar-refractivity contribution in [1.29, 1.82) is 0 Å². The normalized spacial score (nSPS) is 7.09. The maximum absolute atomic E-state index is 4.60. The lowest BCUT2D eigenvalue weighted by molar-refractivity contribution is 0.373. The van der Waals surface area contributed by atoms with Crippen molar-refractivity contribution >= 4 is 0 Å². The summed E-state index contributed by atoms with van der Waals surface area (Å²) < 4.78 is 4.60. The monoisotopic (exact) mass is 158 g/mol. The minimum absolute atomic E-state index is 0.792. The van der Waals surface area contributed by atoms with E-state index in [1.807, 2.05) is 41.5 Å². The van der Waals surface area contributed by atoms with Crippen LogP contribution >= 0.6 is 0 Å². The quantitative estimate of drug-likeness (QED) is 0.582. The molecule has 0 unspecified atom stereocenters. The highest BCUT2D eigenvalue weighted by Gasteiger charge is 1.93. The van der Waals surface area contributed by atoms with Crippen LogP contribution in [0.1, 0.15) is 39.1 Å². The van der Waals surface area contributed by atoms with E-state index in [1.54, 1.807) is 0 Å². The standard InChI is InChI=1S/C4H6N2O.2C2H6/c1-3-4(2)7-6-5-3;2*1-2/h1-2H3;2*1-2H3. The van der Waals surface area contributed by atoms with Crippen LogP contribution in [0, 0.1) is 13.8 Å². The molecule has 0 amide bonds. The lowest BCUT2D eigenvalue weighted by Crippen LogP contribution is -1.70. The molecule has 0 aromatic carbocycles. The third-order valence-corrected chi connectivity index (χ3v) is 0.878. The summed E-state index contributed by atoms with van der Waals surface area (Å²) in [4.78, 5) is 0. The molecule has 1 aromatic heterocycles. The van der Waals surface area contributed by atoms with Crippen molar-refractivity contribution in [1.82, 2.24) is 10.4 Å². The SMILES string of the molecule is CC.CC.Cc1nnoc1C. The molecule has 0 aliphatic carbocycles. The van der Waals surface area contributed by atoms with Crippen LogP contribution < -0.4 is 0 Å². The summed E-state index contributed by atoms with van der Waals surface area (Å²) >= 11 is 0. The van der Waals surface area contributed by atoms with Crippen molar-refractivity contribution in [2.45, 2.75) is 41.5 Å². The van der Waals surface area contributed by atoms with Crippen molar-refractivity contribution in [3.63, 3.8) is 0 Å². The van der Waals surface area contributed by atoms with Gasteiger partial charge in [-0.3, -0.25) is 0 Å². The minimum atomic E-state index is 0.792. The third kappa shape index (κ3) is 5.58. The van der Waals surface area contributed by atoms with Crippen molar-refractivity contribution in [2.75, 3.05) is 0 Å². The zero-order chi connectivity index (χ0) is 9.28. The van der Waals surface area contributed by atoms with Crippen molar-refractivity contribution in [3.05, 3.63) is 11.5 Å². The molecule has 0 spiro atoms. The van der Waals surface area contributed by atoms with Crippen LogP contribution in [-0.2, 0) is 0 Å². The molecule has 1 aromatic rings. The number of hydrogen-bond donors (Lipinski definition) is 0. The third-order valence-electron chi connectivity index (χ3n) is 0.878. The molecular formula is C8H18N2O. The van der Waals surface area contributed by atoms with Crippen LogP contribution in [0.25, 0.3) is 0 Å². The molecular weight excluding hydrogens is 140 g/mol. The first-order valence-corrected chi connectivity index (χ1v) is 4.06. The van der Waals surface area contributed by atoms with Gasteiger partial charge in [0.1, 0.15) is 5.69 Å². The fraction of sp³-hybridized carbons (Fsp3) is 0.750. The molecule has 0 aliphatic rings. The van der Waals surface area contributed by atoms with Crippen LogP contribution in [0.15, 0.2) is 4.52 Å². The molecule has 1 rings (SSSR count). The minimum Gasteiger partial charge on any atom is -0.342 e. The number of hydrogen-bond acceptors (Lipinski definition) is 3. The molecule has 0 radical (unpaired) electrons. The Kier molecular flexibility index (Phi) is 10.6. The molecule has 3 heteroatoms. The first-order chi connectivity index (χ1) is 5.30. The summed E-state index contributed by atoms with van der Waals surface area (Å²) in [7, 11) is 0. The van der Waals surface area contributed by atoms with E-state index in [4.69, 9.17) is 0 Å². The summed E-state index contributed by atoms with van der Waals surface area (Å²) in [6.45, 7) is 11.7. The maximum atomic E-state index is 4.60. The van der Waals surface area contributed by atoms with Gasteiger partial charge in [0.2, 0.25) is 0 Å². The second-order valence-electron chi connectivity index (χ2n) is 1.41. The fourth-order valence-corrected chi connectivity index (χ4v) is 0.279. The molecule has 0 saturated heterocycles. The molecule has 3 nitrogen and oxygen atoms in total. The molecule has 11 heavy (non-hydrogen) atoms. The Bertz CT molecular complexity index is 144. The second kappa shape index (κ2) is 9.14. The van der Waals surface area contributed by atoms with E-state index in [0.29, 0.717) is 0 Å². The van der Waals surface area contributed by atoms with Crippen molar-refractivity contribution < 1.29 is 4.52 Å². The van der Waals surface area contributed by atoms with Gasteiger partial charge in [-0.05, 0) is 13.8 Å². The smallest absolute Gasteiger partial charge is 0.156 e. The van der Waals surface area contributed by atoms with Gasteiger partial charge < -0.3 is 4.52 Å². The van der Waals surface area contributed by atoms with Gasteiger partial charge >= 0.3 is 0 Å². The van der Waals surface area contributed by atoms with Crippen LogP contribution in [0.2, 0.25) is 0 Å². The Morgan fingerprint density at radius 3 is 1.55 bits per heavy atom. The first-order valence-electron chi connectivity index (χ1n) is 4.06. The van der Waals surface area contributed by atoms with Gasteiger partial charge in [-0.1, -0.05) is 27.7 Å². The maximum Gasteiger partial charge on any atom is 0.156 e. The van der Waals surface area contributed by atoms with E-state index in [1.165, 1.54) is 0 Å². The van der Waals surface area contributed by atoms with Gasteiger partial charge in [0.15, 0.2) is 5.76 Å². The molecule has 1 heterocycles. The van der Waals surface area contributed by atoms with Crippen LogP contribution in [0.5, 0.6) is 0 Å². The summed E-state index contributed by atoms with van der Waals surface area (Å²) in [6.07, 6.45) is 0. The molecule has 0 fully saturated rings. The summed E-state index contributed by atoms with van der Waals surface area (Å²) in [5, 5.41) is 6.90. The van der Waals surface area contributed by atoms with Crippen LogP contribution in [0.4, 0.5) is 0 Å². The van der Waals surface area contributed by atoms with E-state index in [-0.39, 0.29) is 0 Å². The molecule has 0 N–H and O–H groups in total. The average molecular weight is 158 g/mol. The molecule has 0 atom stereocenters. The Morgan fingerprint density at radius 1 is 1.00 bits per heavy atom. The Balaban J connectivity index is 0. The fourth-order valence-electron chi connectivity index (χ4n) is 0.279. The predicted molar refractivity (Wildman–Crippen MR) is 46.5 cm³/mol. The number of aryl methyl sites for hydroxylation is 2. The van der Waals surface area contributed by atoms with Gasteiger partial charge in [-0.2, -0.15) is 0 Å². The van der Waals surface area contributed by atoms with Crippen molar-refractivity contribution in [2.24, 2.45) is 0 Å². The average Bonchev–Trinajstić information content (AvgIpc) is 2.44. The number of rotatable bonds is 0. The molecule has 0 saturated carbocycles. The predicted octanol–water partition coefficient (Wildman–Crippen LogP) is 2.74. The van der Waals surface area contributed by atoms with Gasteiger partial charge in [0.05, 0.1) is 0 Å². The zero-order valence-corrected chi connectivity index (χ0v) is 8.30. The van der Waals surface area contributed by atoms with Crippen LogP contribution in [0.3, 0.4) is 0 Å². The highest BCUT2D eigenvalue weighted by atomic mass is 16.5. The summed E-state index contributed by atoms with van der Waals surface area (Å²) in [5.74, 6) is 0.792.